The van der Waals surface area contributed by atoms with Crippen molar-refractivity contribution in [2.75, 3.05) is 5.73 Å². The third-order valence-electron chi connectivity index (χ3n) is 3.57. The van der Waals surface area contributed by atoms with Crippen LogP contribution in [0.2, 0.25) is 0 Å². The number of aryl methyl sites for hydroxylation is 1. The van der Waals surface area contributed by atoms with Crippen LogP contribution < -0.4 is 5.73 Å². The summed E-state index contributed by atoms with van der Waals surface area (Å²) < 4.78 is 1.98. The van der Waals surface area contributed by atoms with E-state index in [9.17, 15) is 0 Å². The predicted molar refractivity (Wildman–Crippen MR) is 89.0 cm³/mol. The minimum Gasteiger partial charge on any atom is -0.384 e. The fourth-order valence-corrected chi connectivity index (χ4v) is 2.51. The number of rotatable bonds is 3. The molecule has 0 radical (unpaired) electrons. The van der Waals surface area contributed by atoms with E-state index in [0.717, 1.165) is 22.6 Å². The number of imidazole rings is 1. The predicted octanol–water partition coefficient (Wildman–Crippen LogP) is 1.71. The molecule has 24 heavy (non-hydrogen) atoms. The van der Waals surface area contributed by atoms with Gasteiger partial charge in [-0.05, 0) is 29.5 Å². The Morgan fingerprint density at radius 1 is 1.00 bits per heavy atom. The number of nitrogens with zero attached hydrogens (tertiary/aromatic N) is 7. The first-order chi connectivity index (χ1) is 11.7. The van der Waals surface area contributed by atoms with Crippen LogP contribution in [0.1, 0.15) is 0 Å². The van der Waals surface area contributed by atoms with E-state index in [1.165, 1.54) is 4.80 Å². The van der Waals surface area contributed by atoms with Crippen molar-refractivity contribution >= 4 is 5.82 Å². The summed E-state index contributed by atoms with van der Waals surface area (Å²) in [4.78, 5) is 9.90. The molecule has 0 saturated heterocycles. The Bertz CT molecular complexity index is 1000. The van der Waals surface area contributed by atoms with Crippen LogP contribution in [0.5, 0.6) is 0 Å². The van der Waals surface area contributed by atoms with Gasteiger partial charge in [0.1, 0.15) is 11.6 Å². The van der Waals surface area contributed by atoms with E-state index in [1.54, 1.807) is 25.5 Å². The Morgan fingerprint density at radius 3 is 2.71 bits per heavy atom. The van der Waals surface area contributed by atoms with Gasteiger partial charge in [0.05, 0.1) is 7.05 Å². The van der Waals surface area contributed by atoms with Crippen LogP contribution in [0.25, 0.3) is 28.5 Å². The van der Waals surface area contributed by atoms with Gasteiger partial charge in [0, 0.05) is 35.4 Å². The van der Waals surface area contributed by atoms with Crippen LogP contribution in [0.15, 0.2) is 55.0 Å². The van der Waals surface area contributed by atoms with Crippen LogP contribution in [0.3, 0.4) is 0 Å². The van der Waals surface area contributed by atoms with E-state index in [0.29, 0.717) is 11.6 Å². The van der Waals surface area contributed by atoms with Crippen molar-refractivity contribution in [2.24, 2.45) is 7.05 Å². The molecule has 0 amide bonds. The number of anilines is 1. The molecule has 0 aliphatic heterocycles. The lowest BCUT2D eigenvalue weighted by Crippen LogP contribution is -1.98. The molecule has 4 aromatic rings. The zero-order chi connectivity index (χ0) is 16.5. The molecule has 3 aromatic heterocycles. The Labute approximate surface area is 137 Å². The SMILES string of the molecule is Cn1nnc(-c2cccc(-n3ccnc3-c3ccnc(N)c3)c2)n1. The lowest BCUT2D eigenvalue weighted by atomic mass is 10.2. The van der Waals surface area contributed by atoms with E-state index >= 15 is 0 Å². The van der Waals surface area contributed by atoms with Crippen LogP contribution >= 0.6 is 0 Å². The average molecular weight is 318 g/mol. The summed E-state index contributed by atoms with van der Waals surface area (Å²) in [6.07, 6.45) is 5.32. The Kier molecular flexibility index (Phi) is 3.27. The number of nitrogens with two attached hydrogens (primary N) is 1. The molecule has 0 spiro atoms. The van der Waals surface area contributed by atoms with Gasteiger partial charge in [0.2, 0.25) is 5.82 Å². The zero-order valence-electron chi connectivity index (χ0n) is 12.9. The van der Waals surface area contributed by atoms with Crippen molar-refractivity contribution in [2.45, 2.75) is 0 Å². The topological polar surface area (TPSA) is 100 Å². The molecule has 0 unspecified atom stereocenters. The molecule has 118 valence electrons. The number of benzene rings is 1. The molecule has 4 rings (SSSR count). The van der Waals surface area contributed by atoms with Gasteiger partial charge < -0.3 is 5.73 Å². The van der Waals surface area contributed by atoms with Crippen molar-refractivity contribution in [3.05, 3.63) is 55.0 Å². The third-order valence-corrected chi connectivity index (χ3v) is 3.57. The van der Waals surface area contributed by atoms with Crippen LogP contribution in [0.4, 0.5) is 5.82 Å². The van der Waals surface area contributed by atoms with Gasteiger partial charge in [-0.25, -0.2) is 9.97 Å². The van der Waals surface area contributed by atoms with Crippen molar-refractivity contribution in [1.29, 1.82) is 0 Å². The smallest absolute Gasteiger partial charge is 0.204 e. The molecule has 8 nitrogen and oxygen atoms in total. The second-order valence-corrected chi connectivity index (χ2v) is 5.24. The third kappa shape index (κ3) is 2.50. The number of tetrazole rings is 1. The van der Waals surface area contributed by atoms with Gasteiger partial charge in [-0.2, -0.15) is 4.80 Å². The standard InChI is InChI=1S/C16H14N8/c1-23-21-15(20-22-23)11-3-2-4-13(9-11)24-8-7-19-16(24)12-5-6-18-14(17)10-12/h2-10H,1H3,(H2,17,18). The minimum atomic E-state index is 0.458. The van der Waals surface area contributed by atoms with Gasteiger partial charge >= 0.3 is 0 Å². The first-order valence-electron chi connectivity index (χ1n) is 7.31. The maximum absolute atomic E-state index is 5.78. The summed E-state index contributed by atoms with van der Waals surface area (Å²) in [5, 5.41) is 12.2. The molecule has 8 heteroatoms. The molecule has 0 saturated carbocycles. The molecule has 0 aliphatic rings. The molecule has 3 heterocycles. The molecule has 0 aliphatic carbocycles. The van der Waals surface area contributed by atoms with Crippen molar-refractivity contribution < 1.29 is 0 Å². The number of hydrogen-bond donors (Lipinski definition) is 1. The second kappa shape index (κ2) is 5.58. The second-order valence-electron chi connectivity index (χ2n) is 5.24. The van der Waals surface area contributed by atoms with E-state index in [1.807, 2.05) is 41.1 Å². The van der Waals surface area contributed by atoms with Crippen LogP contribution in [-0.4, -0.2) is 34.7 Å². The van der Waals surface area contributed by atoms with E-state index in [4.69, 9.17) is 5.73 Å². The first kappa shape index (κ1) is 14.1. The Hall–Kier alpha value is -3.55. The number of pyridine rings is 1. The zero-order valence-corrected chi connectivity index (χ0v) is 12.9. The average Bonchev–Trinajstić information content (AvgIpc) is 3.24. The fraction of sp³-hybridized carbons (Fsp3) is 0.0625. The molecular formula is C16H14N8. The summed E-state index contributed by atoms with van der Waals surface area (Å²) in [7, 11) is 1.74. The minimum absolute atomic E-state index is 0.458. The monoisotopic (exact) mass is 318 g/mol. The molecule has 2 N–H and O–H groups in total. The summed E-state index contributed by atoms with van der Waals surface area (Å²) in [5.74, 6) is 1.82. The highest BCUT2D eigenvalue weighted by Crippen LogP contribution is 2.24. The van der Waals surface area contributed by atoms with Gasteiger partial charge in [-0.3, -0.25) is 4.57 Å². The lowest BCUT2D eigenvalue weighted by molar-refractivity contribution is 0.630. The number of aromatic nitrogens is 7. The number of nitrogen functional groups attached to an aromatic ring is 1. The normalized spacial score (nSPS) is 10.9. The molecular weight excluding hydrogens is 304 g/mol. The lowest BCUT2D eigenvalue weighted by Gasteiger charge is -2.09. The van der Waals surface area contributed by atoms with Gasteiger partial charge in [0.25, 0.3) is 0 Å². The largest absolute Gasteiger partial charge is 0.384 e. The highest BCUT2D eigenvalue weighted by Gasteiger charge is 2.11. The van der Waals surface area contributed by atoms with E-state index in [2.05, 4.69) is 25.4 Å². The summed E-state index contributed by atoms with van der Waals surface area (Å²) >= 11 is 0. The Balaban J connectivity index is 1.79. The first-order valence-corrected chi connectivity index (χ1v) is 7.31. The summed E-state index contributed by atoms with van der Waals surface area (Å²) in [6.45, 7) is 0. The summed E-state index contributed by atoms with van der Waals surface area (Å²) in [6, 6.07) is 11.6. The van der Waals surface area contributed by atoms with Crippen molar-refractivity contribution in [1.82, 2.24) is 34.7 Å². The van der Waals surface area contributed by atoms with Gasteiger partial charge in [0.15, 0.2) is 0 Å². The van der Waals surface area contributed by atoms with Crippen LogP contribution in [-0.2, 0) is 7.05 Å². The maximum Gasteiger partial charge on any atom is 0.204 e. The number of hydrogen-bond acceptors (Lipinski definition) is 6. The fourth-order valence-electron chi connectivity index (χ4n) is 2.51. The molecule has 0 bridgehead atoms. The molecule has 0 atom stereocenters. The maximum atomic E-state index is 5.78. The van der Waals surface area contributed by atoms with E-state index in [-0.39, 0.29) is 0 Å². The highest BCUT2D eigenvalue weighted by molar-refractivity contribution is 5.64. The Morgan fingerprint density at radius 2 is 1.92 bits per heavy atom. The van der Waals surface area contributed by atoms with Gasteiger partial charge in [-0.15, -0.1) is 10.2 Å². The van der Waals surface area contributed by atoms with E-state index < -0.39 is 0 Å². The highest BCUT2D eigenvalue weighted by atomic mass is 15.6. The van der Waals surface area contributed by atoms with Crippen LogP contribution in [0, 0.1) is 0 Å². The van der Waals surface area contributed by atoms with Crippen molar-refractivity contribution in [3.8, 4) is 28.5 Å². The molecule has 0 fully saturated rings. The quantitative estimate of drug-likeness (QED) is 0.617. The summed E-state index contributed by atoms with van der Waals surface area (Å²) in [5.41, 5.74) is 8.51. The van der Waals surface area contributed by atoms with Gasteiger partial charge in [-0.1, -0.05) is 12.1 Å². The van der Waals surface area contributed by atoms with Crippen molar-refractivity contribution in [3.63, 3.8) is 0 Å². The molecule has 1 aromatic carbocycles.